The maximum atomic E-state index is 8.61. The average molecular weight is 417 g/mol. The van der Waals surface area contributed by atoms with Crippen molar-refractivity contribution in [2.75, 3.05) is 32.9 Å². The van der Waals surface area contributed by atoms with E-state index in [0.717, 1.165) is 49.4 Å². The fraction of sp³-hybridized carbons (Fsp3) is 0.458. The van der Waals surface area contributed by atoms with Gasteiger partial charge in [-0.15, -0.1) is 0 Å². The summed E-state index contributed by atoms with van der Waals surface area (Å²) in [4.78, 5) is 4.54. The van der Waals surface area contributed by atoms with Crippen LogP contribution >= 0.6 is 11.8 Å². The molecule has 0 amide bonds. The van der Waals surface area contributed by atoms with Gasteiger partial charge in [0.2, 0.25) is 0 Å². The van der Waals surface area contributed by atoms with Crippen molar-refractivity contribution in [3.05, 3.63) is 60.2 Å². The minimum atomic E-state index is 0.139. The third-order valence-corrected chi connectivity index (χ3v) is 5.08. The second-order valence-electron chi connectivity index (χ2n) is 6.58. The summed E-state index contributed by atoms with van der Waals surface area (Å²) in [5, 5.41) is 16.8. The Morgan fingerprint density at radius 2 is 1.52 bits per heavy atom. The highest BCUT2D eigenvalue weighted by molar-refractivity contribution is 7.99. The maximum Gasteiger partial charge on any atom is 0.129 e. The largest absolute Gasteiger partial charge is 0.394 e. The van der Waals surface area contributed by atoms with E-state index in [-0.39, 0.29) is 6.61 Å². The molecule has 0 unspecified atom stereocenters. The lowest BCUT2D eigenvalue weighted by atomic mass is 10.1. The number of aliphatic hydroxyl groups is 1. The molecule has 0 bridgehead atoms. The molecule has 0 saturated carbocycles. The first-order valence-electron chi connectivity index (χ1n) is 10.5. The van der Waals surface area contributed by atoms with Crippen molar-refractivity contribution in [2.24, 2.45) is 0 Å². The summed E-state index contributed by atoms with van der Waals surface area (Å²) in [5.41, 5.74) is 1.03. The standard InChI is InChI=1S/C19H24N2S.C5H12O2/c1-3-14-21(15-4-2)19(20)17-12-8-9-13-18(17)22-16-10-6-5-7-11-16;1-2-4-7-5-3-6/h5-13,20H,3-4,14-15H2,1-2H3;6H,2-5H2,1H3. The molecule has 0 aliphatic rings. The van der Waals surface area contributed by atoms with Gasteiger partial charge in [0.05, 0.1) is 13.2 Å². The quantitative estimate of drug-likeness (QED) is 0.281. The van der Waals surface area contributed by atoms with Gasteiger partial charge in [0, 0.05) is 35.1 Å². The number of benzene rings is 2. The summed E-state index contributed by atoms with van der Waals surface area (Å²) >= 11 is 1.73. The van der Waals surface area contributed by atoms with Crippen molar-refractivity contribution >= 4 is 17.6 Å². The van der Waals surface area contributed by atoms with E-state index in [1.54, 1.807) is 11.8 Å². The number of hydrogen-bond donors (Lipinski definition) is 2. The van der Waals surface area contributed by atoms with Crippen LogP contribution in [0.1, 0.15) is 45.6 Å². The van der Waals surface area contributed by atoms with Crippen LogP contribution in [0, 0.1) is 5.41 Å². The first-order chi connectivity index (χ1) is 14.2. The maximum absolute atomic E-state index is 8.61. The zero-order valence-corrected chi connectivity index (χ0v) is 18.9. The highest BCUT2D eigenvalue weighted by Crippen LogP contribution is 2.30. The van der Waals surface area contributed by atoms with Gasteiger partial charge in [0.1, 0.15) is 5.84 Å². The predicted molar refractivity (Wildman–Crippen MR) is 124 cm³/mol. The highest BCUT2D eigenvalue weighted by Gasteiger charge is 2.14. The third-order valence-electron chi connectivity index (χ3n) is 4.00. The molecule has 4 nitrogen and oxygen atoms in total. The molecule has 0 aromatic heterocycles. The van der Waals surface area contributed by atoms with Crippen LogP contribution in [0.3, 0.4) is 0 Å². The molecule has 2 rings (SSSR count). The van der Waals surface area contributed by atoms with Crippen molar-refractivity contribution in [3.63, 3.8) is 0 Å². The number of ether oxygens (including phenoxy) is 1. The smallest absolute Gasteiger partial charge is 0.129 e. The normalized spacial score (nSPS) is 10.2. The minimum Gasteiger partial charge on any atom is -0.394 e. The first kappa shape index (κ1) is 25.2. The number of nitrogens with zero attached hydrogens (tertiary/aromatic N) is 1. The van der Waals surface area contributed by atoms with Gasteiger partial charge < -0.3 is 14.7 Å². The number of hydrogen-bond acceptors (Lipinski definition) is 4. The van der Waals surface area contributed by atoms with E-state index < -0.39 is 0 Å². The first-order valence-corrected chi connectivity index (χ1v) is 11.3. The molecule has 2 aromatic carbocycles. The van der Waals surface area contributed by atoms with Gasteiger partial charge in [-0.2, -0.15) is 0 Å². The van der Waals surface area contributed by atoms with Crippen molar-refractivity contribution in [1.29, 1.82) is 5.41 Å². The van der Waals surface area contributed by atoms with E-state index in [0.29, 0.717) is 12.4 Å². The highest BCUT2D eigenvalue weighted by atomic mass is 32.2. The van der Waals surface area contributed by atoms with Gasteiger partial charge in [-0.25, -0.2) is 0 Å². The Balaban J connectivity index is 0.000000516. The molecule has 2 N–H and O–H groups in total. The molecule has 2 aromatic rings. The van der Waals surface area contributed by atoms with Crippen LogP contribution in [-0.2, 0) is 4.74 Å². The lowest BCUT2D eigenvalue weighted by Crippen LogP contribution is -2.32. The fourth-order valence-corrected chi connectivity index (χ4v) is 3.69. The van der Waals surface area contributed by atoms with Crippen LogP contribution in [-0.4, -0.2) is 48.8 Å². The Morgan fingerprint density at radius 3 is 2.10 bits per heavy atom. The SMILES string of the molecule is CCCN(CCC)C(=N)c1ccccc1Sc1ccccc1.CCCOCCO. The average Bonchev–Trinajstić information content (AvgIpc) is 2.75. The number of rotatable bonds is 11. The van der Waals surface area contributed by atoms with Crippen molar-refractivity contribution < 1.29 is 9.84 Å². The Morgan fingerprint density at radius 1 is 0.897 bits per heavy atom. The molecule has 29 heavy (non-hydrogen) atoms. The van der Waals surface area contributed by atoms with Crippen LogP contribution in [0.2, 0.25) is 0 Å². The minimum absolute atomic E-state index is 0.139. The molecule has 5 heteroatoms. The molecule has 160 valence electrons. The molecule has 0 saturated heterocycles. The summed E-state index contributed by atoms with van der Waals surface area (Å²) in [6.45, 7) is 9.64. The van der Waals surface area contributed by atoms with E-state index in [1.807, 2.05) is 25.1 Å². The van der Waals surface area contributed by atoms with Gasteiger partial charge in [-0.1, -0.05) is 68.9 Å². The van der Waals surface area contributed by atoms with Crippen LogP contribution in [0.15, 0.2) is 64.4 Å². The fourth-order valence-electron chi connectivity index (χ4n) is 2.72. The van der Waals surface area contributed by atoms with Crippen molar-refractivity contribution in [1.82, 2.24) is 4.90 Å². The number of aliphatic hydroxyl groups excluding tert-OH is 1. The zero-order valence-electron chi connectivity index (χ0n) is 18.1. The van der Waals surface area contributed by atoms with E-state index in [2.05, 4.69) is 55.1 Å². The lowest BCUT2D eigenvalue weighted by Gasteiger charge is -2.25. The summed E-state index contributed by atoms with van der Waals surface area (Å²) in [5.74, 6) is 0.641. The third kappa shape index (κ3) is 9.97. The zero-order chi connectivity index (χ0) is 21.3. The molecular weight excluding hydrogens is 380 g/mol. The van der Waals surface area contributed by atoms with E-state index in [1.165, 1.54) is 4.90 Å². The molecule has 0 aliphatic carbocycles. The van der Waals surface area contributed by atoms with E-state index in [4.69, 9.17) is 15.3 Å². The van der Waals surface area contributed by atoms with Crippen LogP contribution in [0.25, 0.3) is 0 Å². The predicted octanol–water partition coefficient (Wildman–Crippen LogP) is 5.69. The van der Waals surface area contributed by atoms with Crippen LogP contribution < -0.4 is 0 Å². The second kappa shape index (κ2) is 16.0. The summed E-state index contributed by atoms with van der Waals surface area (Å²) in [6, 6.07) is 18.6. The molecule has 0 spiro atoms. The Bertz CT molecular complexity index is 670. The Hall–Kier alpha value is -1.82. The Labute approximate surface area is 180 Å². The summed E-state index contributed by atoms with van der Waals surface area (Å²) < 4.78 is 4.88. The lowest BCUT2D eigenvalue weighted by molar-refractivity contribution is 0.0928. The number of nitrogens with one attached hydrogen (secondary N) is 1. The molecule has 0 atom stereocenters. The van der Waals surface area contributed by atoms with Crippen molar-refractivity contribution in [2.45, 2.75) is 49.8 Å². The van der Waals surface area contributed by atoms with Gasteiger partial charge >= 0.3 is 0 Å². The second-order valence-corrected chi connectivity index (χ2v) is 7.70. The van der Waals surface area contributed by atoms with Crippen LogP contribution in [0.5, 0.6) is 0 Å². The van der Waals surface area contributed by atoms with Gasteiger partial charge in [0.15, 0.2) is 0 Å². The van der Waals surface area contributed by atoms with Crippen LogP contribution in [0.4, 0.5) is 0 Å². The summed E-state index contributed by atoms with van der Waals surface area (Å²) in [6.07, 6.45) is 3.16. The topological polar surface area (TPSA) is 56.6 Å². The van der Waals surface area contributed by atoms with Gasteiger partial charge in [0.25, 0.3) is 0 Å². The molecule has 0 heterocycles. The van der Waals surface area contributed by atoms with Gasteiger partial charge in [-0.3, -0.25) is 5.41 Å². The summed E-state index contributed by atoms with van der Waals surface area (Å²) in [7, 11) is 0. The number of amidine groups is 1. The molecular formula is C24H36N2O2S. The molecule has 0 radical (unpaired) electrons. The Kier molecular flexibility index (Phi) is 13.9. The molecule has 0 fully saturated rings. The van der Waals surface area contributed by atoms with Crippen molar-refractivity contribution in [3.8, 4) is 0 Å². The van der Waals surface area contributed by atoms with Gasteiger partial charge in [-0.05, 0) is 37.5 Å². The molecule has 0 aliphatic heterocycles. The van der Waals surface area contributed by atoms with E-state index >= 15 is 0 Å². The monoisotopic (exact) mass is 416 g/mol. The van der Waals surface area contributed by atoms with E-state index in [9.17, 15) is 0 Å².